The molecule has 3 unspecified atom stereocenters. The van der Waals surface area contributed by atoms with Crippen LogP contribution < -0.4 is 0 Å². The SMILES string of the molecule is CCCCCCCCCCCCCCCCC(=O)OC[C@H](COP(=O)(O)OC[C@@H](O)COP(=O)(O)OC[C@@H](COC(=O)CCCCCCCCCC)OC(=O)CCCCCCCCCCCCC)OC(=O)CCCCCCCCCCCCC(C)CC. The average molecular weight is 1280 g/mol. The molecule has 19 heteroatoms. The largest absolute Gasteiger partial charge is 0.472 e. The Balaban J connectivity index is 5.23. The van der Waals surface area contributed by atoms with E-state index in [9.17, 15) is 43.2 Å². The van der Waals surface area contributed by atoms with E-state index in [-0.39, 0.29) is 25.7 Å². The minimum Gasteiger partial charge on any atom is -0.462 e. The summed E-state index contributed by atoms with van der Waals surface area (Å²) in [5.41, 5.74) is 0. The second-order valence-electron chi connectivity index (χ2n) is 24.8. The van der Waals surface area contributed by atoms with E-state index in [1.54, 1.807) is 0 Å². The fourth-order valence-electron chi connectivity index (χ4n) is 10.3. The first kappa shape index (κ1) is 85.1. The molecule has 0 heterocycles. The summed E-state index contributed by atoms with van der Waals surface area (Å²) in [6, 6.07) is 0. The Hall–Kier alpha value is -1.94. The predicted octanol–water partition coefficient (Wildman–Crippen LogP) is 19.4. The van der Waals surface area contributed by atoms with Crippen LogP contribution in [0, 0.1) is 5.92 Å². The van der Waals surface area contributed by atoms with Crippen molar-refractivity contribution in [2.45, 2.75) is 368 Å². The molecule has 0 aliphatic carbocycles. The maximum atomic E-state index is 13.0. The second kappa shape index (κ2) is 61.6. The van der Waals surface area contributed by atoms with Crippen LogP contribution in [0.15, 0.2) is 0 Å². The van der Waals surface area contributed by atoms with Crippen LogP contribution in [-0.2, 0) is 65.4 Å². The lowest BCUT2D eigenvalue weighted by Gasteiger charge is -2.21. The predicted molar refractivity (Wildman–Crippen MR) is 349 cm³/mol. The van der Waals surface area contributed by atoms with Gasteiger partial charge in [-0.2, -0.15) is 0 Å². The molecule has 6 atom stereocenters. The van der Waals surface area contributed by atoms with Crippen LogP contribution in [0.3, 0.4) is 0 Å². The van der Waals surface area contributed by atoms with E-state index in [1.165, 1.54) is 167 Å². The number of phosphoric ester groups is 2. The van der Waals surface area contributed by atoms with Gasteiger partial charge in [-0.25, -0.2) is 9.13 Å². The van der Waals surface area contributed by atoms with Gasteiger partial charge in [-0.15, -0.1) is 0 Å². The van der Waals surface area contributed by atoms with Gasteiger partial charge in [0.25, 0.3) is 0 Å². The Labute approximate surface area is 530 Å². The van der Waals surface area contributed by atoms with Crippen molar-refractivity contribution in [1.82, 2.24) is 0 Å². The Morgan fingerprint density at radius 1 is 0.322 bits per heavy atom. The molecule has 3 N–H and O–H groups in total. The molecule has 0 amide bonds. The zero-order chi connectivity index (χ0) is 64.2. The van der Waals surface area contributed by atoms with Crippen molar-refractivity contribution >= 4 is 39.5 Å². The summed E-state index contributed by atoms with van der Waals surface area (Å²) >= 11 is 0. The smallest absolute Gasteiger partial charge is 0.462 e. The van der Waals surface area contributed by atoms with Crippen LogP contribution in [0.4, 0.5) is 0 Å². The summed E-state index contributed by atoms with van der Waals surface area (Å²) in [5, 5.41) is 10.6. The van der Waals surface area contributed by atoms with Crippen LogP contribution in [-0.4, -0.2) is 96.7 Å². The van der Waals surface area contributed by atoms with Gasteiger partial charge in [-0.3, -0.25) is 37.3 Å². The number of carbonyl (C=O) groups excluding carboxylic acids is 4. The lowest BCUT2D eigenvalue weighted by atomic mass is 9.99. The maximum absolute atomic E-state index is 13.0. The molecule has 0 spiro atoms. The van der Waals surface area contributed by atoms with Gasteiger partial charge in [-0.05, 0) is 31.6 Å². The highest BCUT2D eigenvalue weighted by Gasteiger charge is 2.30. The number of ether oxygens (including phenoxy) is 4. The molecule has 0 bridgehead atoms. The first-order valence-corrected chi connectivity index (χ1v) is 38.7. The van der Waals surface area contributed by atoms with E-state index >= 15 is 0 Å². The fourth-order valence-corrected chi connectivity index (χ4v) is 11.8. The highest BCUT2D eigenvalue weighted by atomic mass is 31.2. The summed E-state index contributed by atoms with van der Waals surface area (Å²) < 4.78 is 68.1. The number of phosphoric acid groups is 2. The molecule has 17 nitrogen and oxygen atoms in total. The summed E-state index contributed by atoms with van der Waals surface area (Å²) in [7, 11) is -9.89. The van der Waals surface area contributed by atoms with Crippen molar-refractivity contribution in [3.63, 3.8) is 0 Å². The van der Waals surface area contributed by atoms with Crippen LogP contribution in [0.25, 0.3) is 0 Å². The number of esters is 4. The Bertz CT molecular complexity index is 1690. The normalized spacial score (nSPS) is 14.4. The molecule has 0 aliphatic heterocycles. The number of hydrogen-bond acceptors (Lipinski definition) is 15. The van der Waals surface area contributed by atoms with Crippen LogP contribution in [0.5, 0.6) is 0 Å². The zero-order valence-electron chi connectivity index (χ0n) is 56.2. The van der Waals surface area contributed by atoms with Gasteiger partial charge in [0.05, 0.1) is 26.4 Å². The molecule has 0 aromatic heterocycles. The van der Waals surface area contributed by atoms with Gasteiger partial charge in [0, 0.05) is 25.7 Å². The van der Waals surface area contributed by atoms with E-state index in [4.69, 9.17) is 37.0 Å². The quantitative estimate of drug-likeness (QED) is 0.0222. The van der Waals surface area contributed by atoms with Crippen molar-refractivity contribution in [1.29, 1.82) is 0 Å². The van der Waals surface area contributed by atoms with Crippen LogP contribution >= 0.6 is 15.6 Å². The first-order valence-electron chi connectivity index (χ1n) is 35.7. The van der Waals surface area contributed by atoms with Crippen molar-refractivity contribution in [2.24, 2.45) is 5.92 Å². The van der Waals surface area contributed by atoms with Crippen molar-refractivity contribution in [3.8, 4) is 0 Å². The minimum absolute atomic E-state index is 0.107. The number of unbranched alkanes of at least 4 members (excludes halogenated alkanes) is 39. The van der Waals surface area contributed by atoms with E-state index in [2.05, 4.69) is 34.6 Å². The Morgan fingerprint density at radius 2 is 0.552 bits per heavy atom. The van der Waals surface area contributed by atoms with Gasteiger partial charge in [-0.1, -0.05) is 298 Å². The van der Waals surface area contributed by atoms with E-state index in [0.717, 1.165) is 102 Å². The standard InChI is InChI=1S/C68H132O17P2/c1-6-10-13-16-19-22-24-25-26-28-32-37-42-47-52-66(71)79-58-64(85-68(73)54-49-44-39-34-30-29-31-35-40-45-50-61(5)9-4)60-83-87(76,77)81-56-62(69)55-80-86(74,75)82-59-63(57-78-65(70)51-46-41-36-21-18-15-12-8-3)84-67(72)53-48-43-38-33-27-23-20-17-14-11-7-2/h61-64,69H,6-60H2,1-5H3,(H,74,75)(H,76,77)/t61?,62-,63+,64+/m0/s1. The number of rotatable bonds is 68. The molecule has 0 rings (SSSR count). The third-order valence-corrected chi connectivity index (χ3v) is 18.0. The van der Waals surface area contributed by atoms with E-state index in [1.807, 2.05) is 0 Å². The van der Waals surface area contributed by atoms with Crippen molar-refractivity contribution in [2.75, 3.05) is 39.6 Å². The number of carbonyl (C=O) groups is 4. The van der Waals surface area contributed by atoms with Crippen LogP contribution in [0.1, 0.15) is 349 Å². The third-order valence-electron chi connectivity index (χ3n) is 16.1. The van der Waals surface area contributed by atoms with Gasteiger partial charge in [0.15, 0.2) is 12.2 Å². The second-order valence-corrected chi connectivity index (χ2v) is 27.7. The van der Waals surface area contributed by atoms with Crippen LogP contribution in [0.2, 0.25) is 0 Å². The molecular weight excluding hydrogens is 1150 g/mol. The van der Waals surface area contributed by atoms with E-state index in [0.29, 0.717) is 25.7 Å². The monoisotopic (exact) mass is 1280 g/mol. The fraction of sp³-hybridized carbons (Fsp3) is 0.941. The molecule has 87 heavy (non-hydrogen) atoms. The molecule has 0 fully saturated rings. The molecule has 0 saturated heterocycles. The lowest BCUT2D eigenvalue weighted by Crippen LogP contribution is -2.30. The molecule has 0 radical (unpaired) electrons. The molecule has 0 aliphatic rings. The molecular formula is C68H132O17P2. The summed E-state index contributed by atoms with van der Waals surface area (Å²) in [5.74, 6) is -1.32. The topological polar surface area (TPSA) is 237 Å². The minimum atomic E-state index is -4.95. The van der Waals surface area contributed by atoms with Gasteiger partial charge >= 0.3 is 39.5 Å². The number of aliphatic hydroxyl groups is 1. The van der Waals surface area contributed by atoms with Crippen molar-refractivity contribution < 1.29 is 80.2 Å². The van der Waals surface area contributed by atoms with Gasteiger partial charge in [0.1, 0.15) is 19.3 Å². The van der Waals surface area contributed by atoms with Crippen molar-refractivity contribution in [3.05, 3.63) is 0 Å². The number of aliphatic hydroxyl groups excluding tert-OH is 1. The van der Waals surface area contributed by atoms with E-state index < -0.39 is 97.5 Å². The summed E-state index contributed by atoms with van der Waals surface area (Å²) in [6.07, 6.45) is 47.0. The maximum Gasteiger partial charge on any atom is 0.472 e. The molecule has 0 aromatic rings. The Kier molecular flexibility index (Phi) is 60.2. The third kappa shape index (κ3) is 61.3. The first-order chi connectivity index (χ1) is 42.1. The average Bonchev–Trinajstić information content (AvgIpc) is 3.54. The molecule has 0 aromatic carbocycles. The highest BCUT2D eigenvalue weighted by molar-refractivity contribution is 7.47. The highest BCUT2D eigenvalue weighted by Crippen LogP contribution is 2.45. The number of hydrogen-bond donors (Lipinski definition) is 3. The Morgan fingerprint density at radius 3 is 0.816 bits per heavy atom. The van der Waals surface area contributed by atoms with Gasteiger partial charge in [0.2, 0.25) is 0 Å². The summed E-state index contributed by atoms with van der Waals surface area (Å²) in [6.45, 7) is 7.23. The lowest BCUT2D eigenvalue weighted by molar-refractivity contribution is -0.161. The molecule has 0 saturated carbocycles. The zero-order valence-corrected chi connectivity index (χ0v) is 57.9. The molecule has 516 valence electrons. The van der Waals surface area contributed by atoms with Gasteiger partial charge < -0.3 is 33.8 Å². The summed E-state index contributed by atoms with van der Waals surface area (Å²) in [4.78, 5) is 72.4.